The fraction of sp³-hybridized carbons (Fsp3) is 0.368. The van der Waals surface area contributed by atoms with E-state index in [9.17, 15) is 9.59 Å². The largest absolute Gasteiger partial charge is 0.397 e. The maximum Gasteiger partial charge on any atom is 0.261 e. The predicted octanol–water partition coefficient (Wildman–Crippen LogP) is 2.91. The number of carbonyl (C=O) groups is 2. The minimum atomic E-state index is -0.364. The molecule has 0 aliphatic carbocycles. The molecule has 2 N–H and O–H groups in total. The fourth-order valence-corrected chi connectivity index (χ4v) is 4.94. The Labute approximate surface area is 150 Å². The Bertz CT molecular complexity index is 934. The molecule has 6 heteroatoms. The van der Waals surface area contributed by atoms with Gasteiger partial charge in [0.25, 0.3) is 11.8 Å². The monoisotopic (exact) mass is 355 g/mol. The zero-order valence-corrected chi connectivity index (χ0v) is 14.5. The summed E-state index contributed by atoms with van der Waals surface area (Å²) in [6.45, 7) is 2.82. The number of anilines is 1. The standard InChI is InChI=1S/C19H18ClN3O2/c20-14-10-13-15-11(16(14)21)2-1-3-12(15)17(24)23(18(13)25)19-4-7-22(8-5-19)9-6-19/h1-3,10H,4-9,21H2. The Kier molecular flexibility index (Phi) is 3.01. The van der Waals surface area contributed by atoms with E-state index in [0.29, 0.717) is 32.6 Å². The van der Waals surface area contributed by atoms with Gasteiger partial charge < -0.3 is 10.6 Å². The van der Waals surface area contributed by atoms with Crippen molar-refractivity contribution >= 4 is 39.9 Å². The van der Waals surface area contributed by atoms with Crippen LogP contribution in [0.3, 0.4) is 0 Å². The number of rotatable bonds is 1. The summed E-state index contributed by atoms with van der Waals surface area (Å²) in [6, 6.07) is 7.03. The number of piperidine rings is 3. The number of hydrogen-bond donors (Lipinski definition) is 1. The van der Waals surface area contributed by atoms with Gasteiger partial charge in [-0.1, -0.05) is 23.7 Å². The molecule has 0 aromatic heterocycles. The van der Waals surface area contributed by atoms with Crippen molar-refractivity contribution in [2.45, 2.75) is 24.8 Å². The summed E-state index contributed by atoms with van der Waals surface area (Å²) < 4.78 is 0. The topological polar surface area (TPSA) is 66.6 Å². The first kappa shape index (κ1) is 15.2. The molecule has 5 nitrogen and oxygen atoms in total. The van der Waals surface area contributed by atoms with Crippen LogP contribution in [0.1, 0.15) is 40.0 Å². The van der Waals surface area contributed by atoms with E-state index >= 15 is 0 Å². The van der Waals surface area contributed by atoms with Gasteiger partial charge in [-0.15, -0.1) is 0 Å². The lowest BCUT2D eigenvalue weighted by atomic mass is 9.76. The van der Waals surface area contributed by atoms with Gasteiger partial charge in [0.15, 0.2) is 0 Å². The lowest BCUT2D eigenvalue weighted by molar-refractivity contribution is -0.0136. The van der Waals surface area contributed by atoms with Crippen LogP contribution in [-0.2, 0) is 0 Å². The number of halogens is 1. The van der Waals surface area contributed by atoms with Crippen molar-refractivity contribution in [3.63, 3.8) is 0 Å². The number of carbonyl (C=O) groups excluding carboxylic acids is 2. The molecule has 2 bridgehead atoms. The average Bonchev–Trinajstić information content (AvgIpc) is 2.64. The van der Waals surface area contributed by atoms with E-state index in [2.05, 4.69) is 4.90 Å². The fourth-order valence-electron chi connectivity index (χ4n) is 4.73. The van der Waals surface area contributed by atoms with Gasteiger partial charge in [-0.05, 0) is 31.4 Å². The van der Waals surface area contributed by atoms with Gasteiger partial charge in [-0.3, -0.25) is 14.5 Å². The van der Waals surface area contributed by atoms with E-state index in [0.717, 1.165) is 38.9 Å². The van der Waals surface area contributed by atoms with Crippen molar-refractivity contribution in [3.05, 3.63) is 40.4 Å². The van der Waals surface area contributed by atoms with E-state index in [1.807, 2.05) is 6.07 Å². The first-order valence-electron chi connectivity index (χ1n) is 8.64. The van der Waals surface area contributed by atoms with Gasteiger partial charge in [0.1, 0.15) is 0 Å². The summed E-state index contributed by atoms with van der Waals surface area (Å²) in [5.74, 6) is -0.425. The van der Waals surface area contributed by atoms with Crippen LogP contribution in [0.5, 0.6) is 0 Å². The highest BCUT2D eigenvalue weighted by molar-refractivity contribution is 6.37. The van der Waals surface area contributed by atoms with Crippen LogP contribution in [-0.4, -0.2) is 46.8 Å². The van der Waals surface area contributed by atoms with Gasteiger partial charge in [-0.2, -0.15) is 0 Å². The molecule has 2 aromatic rings. The lowest BCUT2D eigenvalue weighted by Gasteiger charge is -2.53. The predicted molar refractivity (Wildman–Crippen MR) is 96.9 cm³/mol. The van der Waals surface area contributed by atoms with Gasteiger partial charge >= 0.3 is 0 Å². The SMILES string of the molecule is Nc1c(Cl)cc2c3c(cccc13)C(=O)N(C13CCN(CC1)CC3)C2=O. The third-order valence-electron chi connectivity index (χ3n) is 6.17. The number of nitrogen functional groups attached to an aromatic ring is 1. The number of amides is 2. The zero-order valence-electron chi connectivity index (χ0n) is 13.7. The molecule has 3 fully saturated rings. The van der Waals surface area contributed by atoms with E-state index in [1.165, 1.54) is 4.90 Å². The van der Waals surface area contributed by atoms with Crippen LogP contribution >= 0.6 is 11.6 Å². The molecule has 2 aromatic carbocycles. The second-order valence-electron chi connectivity index (χ2n) is 7.31. The quantitative estimate of drug-likeness (QED) is 0.631. The molecule has 4 aliphatic heterocycles. The molecule has 0 spiro atoms. The summed E-state index contributed by atoms with van der Waals surface area (Å²) in [5, 5.41) is 1.68. The van der Waals surface area contributed by atoms with Gasteiger partial charge in [-0.25, -0.2) is 0 Å². The first-order chi connectivity index (χ1) is 12.0. The molecule has 4 aliphatic rings. The Morgan fingerprint density at radius 3 is 2.32 bits per heavy atom. The summed E-state index contributed by atoms with van der Waals surface area (Å²) >= 11 is 6.27. The highest BCUT2D eigenvalue weighted by Crippen LogP contribution is 2.44. The maximum absolute atomic E-state index is 13.3. The van der Waals surface area contributed by atoms with Crippen molar-refractivity contribution in [3.8, 4) is 0 Å². The molecule has 3 saturated heterocycles. The normalized spacial score (nSPS) is 28.0. The molecule has 0 atom stereocenters. The van der Waals surface area contributed by atoms with Crippen molar-refractivity contribution in [2.24, 2.45) is 0 Å². The number of imide groups is 1. The third kappa shape index (κ3) is 1.88. The van der Waals surface area contributed by atoms with E-state index in [1.54, 1.807) is 18.2 Å². The lowest BCUT2D eigenvalue weighted by Crippen LogP contribution is -2.64. The number of fused-ring (bicyclic) bond motifs is 3. The van der Waals surface area contributed by atoms with Crippen LogP contribution in [0.15, 0.2) is 24.3 Å². The van der Waals surface area contributed by atoms with E-state index < -0.39 is 0 Å². The molecular weight excluding hydrogens is 338 g/mol. The third-order valence-corrected chi connectivity index (χ3v) is 6.49. The van der Waals surface area contributed by atoms with E-state index in [4.69, 9.17) is 17.3 Å². The van der Waals surface area contributed by atoms with Crippen LogP contribution in [0.2, 0.25) is 5.02 Å². The minimum absolute atomic E-state index is 0.194. The smallest absolute Gasteiger partial charge is 0.261 e. The number of nitrogens with zero attached hydrogens (tertiary/aromatic N) is 2. The molecule has 0 saturated carbocycles. The summed E-state index contributed by atoms with van der Waals surface area (Å²) in [6.07, 6.45) is 2.54. The molecule has 2 amide bonds. The van der Waals surface area contributed by atoms with Gasteiger partial charge in [0, 0.05) is 36.0 Å². The summed E-state index contributed by atoms with van der Waals surface area (Å²) in [7, 11) is 0. The highest BCUT2D eigenvalue weighted by atomic mass is 35.5. The summed E-state index contributed by atoms with van der Waals surface area (Å²) in [4.78, 5) is 30.6. The first-order valence-corrected chi connectivity index (χ1v) is 9.02. The molecule has 128 valence electrons. The molecule has 0 unspecified atom stereocenters. The Hall–Kier alpha value is -2.11. The Morgan fingerprint density at radius 2 is 1.64 bits per heavy atom. The van der Waals surface area contributed by atoms with Crippen LogP contribution in [0, 0.1) is 0 Å². The second kappa shape index (κ2) is 4.96. The van der Waals surface area contributed by atoms with Crippen LogP contribution in [0.25, 0.3) is 10.8 Å². The van der Waals surface area contributed by atoms with Gasteiger partial charge in [0.05, 0.1) is 21.8 Å². The zero-order chi connectivity index (χ0) is 17.3. The van der Waals surface area contributed by atoms with Gasteiger partial charge in [0.2, 0.25) is 0 Å². The number of benzene rings is 2. The number of nitrogens with two attached hydrogens (primary N) is 1. The van der Waals surface area contributed by atoms with Crippen LogP contribution < -0.4 is 5.73 Å². The molecule has 25 heavy (non-hydrogen) atoms. The highest BCUT2D eigenvalue weighted by Gasteiger charge is 2.50. The number of hydrogen-bond acceptors (Lipinski definition) is 4. The Balaban J connectivity index is 1.75. The molecule has 0 radical (unpaired) electrons. The maximum atomic E-state index is 13.3. The van der Waals surface area contributed by atoms with Crippen molar-refractivity contribution in [1.82, 2.24) is 9.80 Å². The molecule has 4 heterocycles. The molecule has 6 rings (SSSR count). The summed E-state index contributed by atoms with van der Waals surface area (Å²) in [5.41, 5.74) is 7.19. The molecular formula is C19H18ClN3O2. The second-order valence-corrected chi connectivity index (χ2v) is 7.72. The Morgan fingerprint density at radius 1 is 1.00 bits per heavy atom. The minimum Gasteiger partial charge on any atom is -0.397 e. The van der Waals surface area contributed by atoms with Crippen molar-refractivity contribution in [1.29, 1.82) is 0 Å². The van der Waals surface area contributed by atoms with Crippen LogP contribution in [0.4, 0.5) is 5.69 Å². The van der Waals surface area contributed by atoms with Crippen molar-refractivity contribution in [2.75, 3.05) is 25.4 Å². The van der Waals surface area contributed by atoms with Crippen molar-refractivity contribution < 1.29 is 9.59 Å². The van der Waals surface area contributed by atoms with E-state index in [-0.39, 0.29) is 17.4 Å². The average molecular weight is 356 g/mol.